The monoisotopic (exact) mass is 463 g/mol. The molecule has 0 radical (unpaired) electrons. The molecule has 2 aromatic carbocycles. The third-order valence-electron chi connectivity index (χ3n) is 7.29. The second kappa shape index (κ2) is 10.8. The van der Waals surface area contributed by atoms with Crippen molar-refractivity contribution in [1.82, 2.24) is 0 Å². The summed E-state index contributed by atoms with van der Waals surface area (Å²) in [5.41, 5.74) is 8.10. The van der Waals surface area contributed by atoms with E-state index in [1.807, 2.05) is 18.2 Å². The molecular weight excluding hydrogens is 426 g/mol. The molecule has 3 unspecified atom stereocenters. The number of rotatable bonds is 6. The predicted molar refractivity (Wildman–Crippen MR) is 149 cm³/mol. The Labute approximate surface area is 211 Å². The second-order valence-electron chi connectivity index (χ2n) is 10.3. The highest BCUT2D eigenvalue weighted by atomic mass is 15.1. The Bertz CT molecular complexity index is 1160. The van der Waals surface area contributed by atoms with Crippen LogP contribution in [0.2, 0.25) is 0 Å². The third kappa shape index (κ3) is 5.60. The normalized spacial score (nSPS) is 22.7. The van der Waals surface area contributed by atoms with E-state index in [0.717, 1.165) is 36.9 Å². The molecule has 3 nitrogen and oxygen atoms in total. The van der Waals surface area contributed by atoms with Crippen molar-refractivity contribution in [2.24, 2.45) is 11.8 Å². The number of anilines is 2. The van der Waals surface area contributed by atoms with Gasteiger partial charge in [-0.25, -0.2) is 0 Å². The Balaban J connectivity index is 1.57. The summed E-state index contributed by atoms with van der Waals surface area (Å²) >= 11 is 0. The molecule has 1 saturated heterocycles. The number of piperidine rings is 1. The average Bonchev–Trinajstić information content (AvgIpc) is 2.87. The van der Waals surface area contributed by atoms with Gasteiger partial charge in [0.25, 0.3) is 0 Å². The SMILES string of the molecule is C=CC1=C(/C(C)=C\N(C)c2ccc(N3CC(C)CC(C)C3)cc2)C(c2ccc(C#N)cc2)CC=C1. The molecule has 4 rings (SSSR count). The van der Waals surface area contributed by atoms with Gasteiger partial charge in [-0.1, -0.05) is 50.8 Å². The number of allylic oxidation sites excluding steroid dienone is 6. The van der Waals surface area contributed by atoms with E-state index in [2.05, 4.69) is 105 Å². The van der Waals surface area contributed by atoms with Crippen LogP contribution in [0, 0.1) is 23.2 Å². The maximum Gasteiger partial charge on any atom is 0.0991 e. The molecule has 0 amide bonds. The van der Waals surface area contributed by atoms with Gasteiger partial charge in [-0.3, -0.25) is 0 Å². The molecule has 3 heteroatoms. The summed E-state index contributed by atoms with van der Waals surface area (Å²) in [6.45, 7) is 13.3. The fourth-order valence-electron chi connectivity index (χ4n) is 5.72. The number of nitrogens with zero attached hydrogens (tertiary/aromatic N) is 3. The van der Waals surface area contributed by atoms with Gasteiger partial charge in [-0.15, -0.1) is 0 Å². The molecule has 180 valence electrons. The van der Waals surface area contributed by atoms with E-state index >= 15 is 0 Å². The molecule has 0 N–H and O–H groups in total. The summed E-state index contributed by atoms with van der Waals surface area (Å²) in [5.74, 6) is 1.73. The van der Waals surface area contributed by atoms with Gasteiger partial charge in [-0.05, 0) is 90.3 Å². The molecule has 0 spiro atoms. The molecule has 1 aliphatic carbocycles. The Hall–Kier alpha value is -3.51. The topological polar surface area (TPSA) is 30.3 Å². The van der Waals surface area contributed by atoms with Crippen molar-refractivity contribution in [3.63, 3.8) is 0 Å². The molecule has 35 heavy (non-hydrogen) atoms. The van der Waals surface area contributed by atoms with Gasteiger partial charge < -0.3 is 9.80 Å². The van der Waals surface area contributed by atoms with Crippen LogP contribution in [0.25, 0.3) is 0 Å². The van der Waals surface area contributed by atoms with Crippen LogP contribution in [0.1, 0.15) is 50.7 Å². The van der Waals surface area contributed by atoms with Gasteiger partial charge in [-0.2, -0.15) is 5.26 Å². The third-order valence-corrected chi connectivity index (χ3v) is 7.29. The van der Waals surface area contributed by atoms with E-state index in [1.165, 1.54) is 34.5 Å². The van der Waals surface area contributed by atoms with E-state index in [4.69, 9.17) is 0 Å². The van der Waals surface area contributed by atoms with E-state index in [1.54, 1.807) is 0 Å². The highest BCUT2D eigenvalue weighted by Gasteiger charge is 2.23. The minimum absolute atomic E-state index is 0.246. The Morgan fingerprint density at radius 1 is 1.06 bits per heavy atom. The second-order valence-corrected chi connectivity index (χ2v) is 10.3. The van der Waals surface area contributed by atoms with Gasteiger partial charge in [0.1, 0.15) is 0 Å². The maximum atomic E-state index is 9.18. The zero-order valence-electron chi connectivity index (χ0n) is 21.5. The summed E-state index contributed by atoms with van der Waals surface area (Å²) in [7, 11) is 2.12. The lowest BCUT2D eigenvalue weighted by molar-refractivity contribution is 0.357. The van der Waals surface area contributed by atoms with E-state index < -0.39 is 0 Å². The lowest BCUT2D eigenvalue weighted by Gasteiger charge is -2.36. The highest BCUT2D eigenvalue weighted by molar-refractivity contribution is 5.60. The number of nitriles is 1. The minimum Gasteiger partial charge on any atom is -0.371 e. The van der Waals surface area contributed by atoms with Crippen molar-refractivity contribution in [3.05, 3.63) is 107 Å². The van der Waals surface area contributed by atoms with E-state index in [-0.39, 0.29) is 5.92 Å². The van der Waals surface area contributed by atoms with E-state index in [0.29, 0.717) is 5.56 Å². The van der Waals surface area contributed by atoms with Crippen LogP contribution >= 0.6 is 0 Å². The van der Waals surface area contributed by atoms with Crippen molar-refractivity contribution in [2.75, 3.05) is 29.9 Å². The fourth-order valence-corrected chi connectivity index (χ4v) is 5.72. The summed E-state index contributed by atoms with van der Waals surface area (Å²) in [6, 6.07) is 19.2. The molecule has 0 aromatic heterocycles. The van der Waals surface area contributed by atoms with Crippen LogP contribution in [0.15, 0.2) is 96.3 Å². The molecule has 1 fully saturated rings. The quantitative estimate of drug-likeness (QED) is 0.442. The summed E-state index contributed by atoms with van der Waals surface area (Å²) in [4.78, 5) is 4.74. The Morgan fingerprint density at radius 3 is 2.31 bits per heavy atom. The lowest BCUT2D eigenvalue weighted by atomic mass is 9.79. The zero-order valence-corrected chi connectivity index (χ0v) is 21.5. The van der Waals surface area contributed by atoms with Crippen LogP contribution in [0.4, 0.5) is 11.4 Å². The first-order valence-corrected chi connectivity index (χ1v) is 12.7. The predicted octanol–water partition coefficient (Wildman–Crippen LogP) is 7.61. The molecule has 2 aliphatic rings. The van der Waals surface area contributed by atoms with Crippen LogP contribution in [0.5, 0.6) is 0 Å². The highest BCUT2D eigenvalue weighted by Crippen LogP contribution is 2.39. The van der Waals surface area contributed by atoms with Crippen LogP contribution in [-0.2, 0) is 0 Å². The van der Waals surface area contributed by atoms with Gasteiger partial charge >= 0.3 is 0 Å². The smallest absolute Gasteiger partial charge is 0.0991 e. The van der Waals surface area contributed by atoms with Gasteiger partial charge in [0.05, 0.1) is 11.6 Å². The number of hydrogen-bond acceptors (Lipinski definition) is 3. The first kappa shape index (κ1) is 24.6. The fraction of sp³-hybridized carbons (Fsp3) is 0.344. The van der Waals surface area contributed by atoms with Crippen molar-refractivity contribution >= 4 is 11.4 Å². The summed E-state index contributed by atoms with van der Waals surface area (Å²) in [6.07, 6.45) is 10.8. The lowest BCUT2D eigenvalue weighted by Crippen LogP contribution is -2.38. The number of hydrogen-bond donors (Lipinski definition) is 0. The summed E-state index contributed by atoms with van der Waals surface area (Å²) < 4.78 is 0. The average molecular weight is 464 g/mol. The zero-order chi connectivity index (χ0) is 24.9. The maximum absolute atomic E-state index is 9.18. The summed E-state index contributed by atoms with van der Waals surface area (Å²) in [5, 5.41) is 9.18. The molecule has 0 bridgehead atoms. The van der Waals surface area contributed by atoms with Crippen molar-refractivity contribution in [1.29, 1.82) is 5.26 Å². The van der Waals surface area contributed by atoms with Gasteiger partial charge in [0.2, 0.25) is 0 Å². The van der Waals surface area contributed by atoms with Crippen LogP contribution < -0.4 is 9.80 Å². The Morgan fingerprint density at radius 2 is 1.71 bits per heavy atom. The molecule has 2 aromatic rings. The molecule has 0 saturated carbocycles. The largest absolute Gasteiger partial charge is 0.371 e. The van der Waals surface area contributed by atoms with Gasteiger partial charge in [0.15, 0.2) is 0 Å². The molecular formula is C32H37N3. The molecule has 1 heterocycles. The first-order valence-electron chi connectivity index (χ1n) is 12.7. The first-order chi connectivity index (χ1) is 16.9. The van der Waals surface area contributed by atoms with Crippen molar-refractivity contribution in [2.45, 2.75) is 39.5 Å². The van der Waals surface area contributed by atoms with Crippen molar-refractivity contribution in [3.8, 4) is 6.07 Å². The van der Waals surface area contributed by atoms with Crippen molar-refractivity contribution < 1.29 is 0 Å². The van der Waals surface area contributed by atoms with E-state index in [9.17, 15) is 5.26 Å². The van der Waals surface area contributed by atoms with Gasteiger partial charge in [0, 0.05) is 43.6 Å². The number of benzene rings is 2. The van der Waals surface area contributed by atoms with Crippen LogP contribution in [-0.4, -0.2) is 20.1 Å². The Kier molecular flexibility index (Phi) is 7.61. The molecule has 3 atom stereocenters. The standard InChI is InChI=1S/C32H37N3/c1-6-27-8-7-9-31(28-12-10-26(19-33)11-13-28)32(27)25(4)22-34(5)29-14-16-30(17-15-29)35-20-23(2)18-24(3)21-35/h6-8,10-17,22-24,31H,1,9,18,20-21H2,2-5H3/b25-22-. The molecule has 1 aliphatic heterocycles. The minimum atomic E-state index is 0.246. The van der Waals surface area contributed by atoms with Crippen LogP contribution in [0.3, 0.4) is 0 Å².